The number of aliphatic hydroxyl groups excluding tert-OH is 1. The van der Waals surface area contributed by atoms with Gasteiger partial charge in [0.1, 0.15) is 0 Å². The number of thioether (sulfide) groups is 1. The number of carbonyl (C=O) groups excluding carboxylic acids is 1. The van der Waals surface area contributed by atoms with Gasteiger partial charge in [0.05, 0.1) is 29.9 Å². The first-order valence-electron chi connectivity index (χ1n) is 6.52. The van der Waals surface area contributed by atoms with Crippen molar-refractivity contribution < 1.29 is 14.4 Å². The average Bonchev–Trinajstić information content (AvgIpc) is 3.03. The molecule has 1 amide bonds. The van der Waals surface area contributed by atoms with Gasteiger partial charge in [-0.05, 0) is 5.92 Å². The maximum absolute atomic E-state index is 11.8. The summed E-state index contributed by atoms with van der Waals surface area (Å²) in [6.07, 6.45) is 1.59. The lowest BCUT2D eigenvalue weighted by atomic mass is 10.1. The molecule has 0 aromatic carbocycles. The number of nitrogens with zero attached hydrogens (tertiary/aromatic N) is 3. The molecule has 0 saturated carbocycles. The van der Waals surface area contributed by atoms with Gasteiger partial charge in [-0.15, -0.1) is 0 Å². The van der Waals surface area contributed by atoms with Crippen LogP contribution in [0.1, 0.15) is 31.2 Å². The van der Waals surface area contributed by atoms with Crippen molar-refractivity contribution in [2.24, 2.45) is 7.05 Å². The maximum Gasteiger partial charge on any atom is 0.237 e. The zero-order valence-electron chi connectivity index (χ0n) is 12.2. The molecule has 7 nitrogen and oxygen atoms in total. The van der Waals surface area contributed by atoms with E-state index in [1.807, 2.05) is 13.8 Å². The molecule has 0 bridgehead atoms. The number of imidazole rings is 1. The lowest BCUT2D eigenvalue weighted by molar-refractivity contribution is -0.113. The quantitative estimate of drug-likeness (QED) is 0.790. The molecular formula is C13H18N4O3S. The van der Waals surface area contributed by atoms with Crippen molar-refractivity contribution in [3.63, 3.8) is 0 Å². The summed E-state index contributed by atoms with van der Waals surface area (Å²) in [4.78, 5) is 16.0. The Labute approximate surface area is 126 Å². The highest BCUT2D eigenvalue weighted by Crippen LogP contribution is 2.19. The molecule has 114 valence electrons. The highest BCUT2D eigenvalue weighted by molar-refractivity contribution is 7.99. The van der Waals surface area contributed by atoms with Gasteiger partial charge < -0.3 is 14.2 Å². The second kappa shape index (κ2) is 6.77. The van der Waals surface area contributed by atoms with E-state index in [0.717, 1.165) is 5.69 Å². The van der Waals surface area contributed by atoms with Crippen molar-refractivity contribution in [1.29, 1.82) is 0 Å². The Morgan fingerprint density at radius 3 is 2.90 bits per heavy atom. The maximum atomic E-state index is 11.8. The molecule has 21 heavy (non-hydrogen) atoms. The standard InChI is InChI=1S/C13H18N4O3S/c1-8(2)10-4-12(20-16-10)15-11(19)7-21-13-14-5-9(6-18)17(13)3/h4-5,8,18H,6-7H2,1-3H3,(H,15,19). The monoisotopic (exact) mass is 310 g/mol. The fraction of sp³-hybridized carbons (Fsp3) is 0.462. The third kappa shape index (κ3) is 3.85. The van der Waals surface area contributed by atoms with Crippen LogP contribution in [0.4, 0.5) is 5.88 Å². The predicted molar refractivity (Wildman–Crippen MR) is 79.1 cm³/mol. The number of nitrogens with one attached hydrogen (secondary N) is 1. The molecule has 2 heterocycles. The van der Waals surface area contributed by atoms with E-state index < -0.39 is 0 Å². The Bertz CT molecular complexity index is 621. The van der Waals surface area contributed by atoms with Crippen molar-refractivity contribution in [3.8, 4) is 0 Å². The fourth-order valence-corrected chi connectivity index (χ4v) is 2.40. The van der Waals surface area contributed by atoms with E-state index in [2.05, 4.69) is 15.5 Å². The summed E-state index contributed by atoms with van der Waals surface area (Å²) in [6, 6.07) is 1.72. The number of aliphatic hydroxyl groups is 1. The molecule has 2 aromatic heterocycles. The molecule has 0 aliphatic rings. The number of carbonyl (C=O) groups is 1. The minimum Gasteiger partial charge on any atom is -0.390 e. The van der Waals surface area contributed by atoms with Gasteiger partial charge in [-0.2, -0.15) is 0 Å². The van der Waals surface area contributed by atoms with Crippen LogP contribution in [0.25, 0.3) is 0 Å². The van der Waals surface area contributed by atoms with E-state index in [4.69, 9.17) is 9.63 Å². The lowest BCUT2D eigenvalue weighted by Gasteiger charge is -2.03. The van der Waals surface area contributed by atoms with Gasteiger partial charge in [-0.25, -0.2) is 4.98 Å². The van der Waals surface area contributed by atoms with Gasteiger partial charge in [-0.3, -0.25) is 10.1 Å². The van der Waals surface area contributed by atoms with Crippen LogP contribution >= 0.6 is 11.8 Å². The molecule has 0 fully saturated rings. The molecule has 8 heteroatoms. The van der Waals surface area contributed by atoms with Crippen LogP contribution in [0.2, 0.25) is 0 Å². The summed E-state index contributed by atoms with van der Waals surface area (Å²) in [5, 5.41) is 16.3. The number of hydrogen-bond acceptors (Lipinski definition) is 6. The van der Waals surface area contributed by atoms with Crippen molar-refractivity contribution in [2.45, 2.75) is 31.5 Å². The Hall–Kier alpha value is -1.80. The molecule has 0 spiro atoms. The summed E-state index contributed by atoms with van der Waals surface area (Å²) in [6.45, 7) is 3.92. The highest BCUT2D eigenvalue weighted by Gasteiger charge is 2.12. The van der Waals surface area contributed by atoms with Crippen LogP contribution in [-0.2, 0) is 18.4 Å². The van der Waals surface area contributed by atoms with E-state index in [1.54, 1.807) is 23.9 Å². The van der Waals surface area contributed by atoms with E-state index in [0.29, 0.717) is 16.7 Å². The lowest BCUT2D eigenvalue weighted by Crippen LogP contribution is -2.14. The van der Waals surface area contributed by atoms with Crippen molar-refractivity contribution in [3.05, 3.63) is 23.7 Å². The van der Waals surface area contributed by atoms with Crippen LogP contribution in [0.3, 0.4) is 0 Å². The van der Waals surface area contributed by atoms with E-state index in [-0.39, 0.29) is 24.2 Å². The Balaban J connectivity index is 1.88. The van der Waals surface area contributed by atoms with Gasteiger partial charge in [-0.1, -0.05) is 30.8 Å². The molecule has 0 saturated heterocycles. The first-order chi connectivity index (χ1) is 10.0. The summed E-state index contributed by atoms with van der Waals surface area (Å²) >= 11 is 1.29. The Morgan fingerprint density at radius 1 is 1.57 bits per heavy atom. The minimum absolute atomic E-state index is 0.0771. The SMILES string of the molecule is CC(C)c1cc(NC(=O)CSc2ncc(CO)n2C)on1. The molecule has 2 N–H and O–H groups in total. The van der Waals surface area contributed by atoms with Gasteiger partial charge >= 0.3 is 0 Å². The number of amides is 1. The zero-order valence-corrected chi connectivity index (χ0v) is 13.0. The fourth-order valence-electron chi connectivity index (χ4n) is 1.63. The topological polar surface area (TPSA) is 93.2 Å². The van der Waals surface area contributed by atoms with E-state index >= 15 is 0 Å². The molecule has 0 atom stereocenters. The Kier molecular flexibility index (Phi) is 5.03. The molecule has 2 rings (SSSR count). The minimum atomic E-state index is -0.194. The third-order valence-electron chi connectivity index (χ3n) is 2.92. The summed E-state index contributed by atoms with van der Waals surface area (Å²) in [5.74, 6) is 0.603. The second-order valence-electron chi connectivity index (χ2n) is 4.86. The number of rotatable bonds is 6. The molecule has 0 aliphatic heterocycles. The number of anilines is 1. The van der Waals surface area contributed by atoms with Gasteiger partial charge in [0.25, 0.3) is 0 Å². The highest BCUT2D eigenvalue weighted by atomic mass is 32.2. The molecule has 0 unspecified atom stereocenters. The van der Waals surface area contributed by atoms with E-state index in [1.165, 1.54) is 11.8 Å². The van der Waals surface area contributed by atoms with Gasteiger partial charge in [0.2, 0.25) is 11.8 Å². The van der Waals surface area contributed by atoms with E-state index in [9.17, 15) is 4.79 Å². The Morgan fingerprint density at radius 2 is 2.33 bits per heavy atom. The van der Waals surface area contributed by atoms with Crippen LogP contribution in [0.15, 0.2) is 21.9 Å². The van der Waals surface area contributed by atoms with Crippen LogP contribution in [0.5, 0.6) is 0 Å². The van der Waals surface area contributed by atoms with Crippen molar-refractivity contribution in [1.82, 2.24) is 14.7 Å². The second-order valence-corrected chi connectivity index (χ2v) is 5.80. The largest absolute Gasteiger partial charge is 0.390 e. The zero-order chi connectivity index (χ0) is 15.4. The predicted octanol–water partition coefficient (Wildman–Crippen LogP) is 1.75. The average molecular weight is 310 g/mol. The molecule has 0 radical (unpaired) electrons. The third-order valence-corrected chi connectivity index (χ3v) is 3.96. The first kappa shape index (κ1) is 15.6. The summed E-state index contributed by atoms with van der Waals surface area (Å²) in [5.41, 5.74) is 1.50. The normalized spacial score (nSPS) is 11.1. The molecule has 0 aliphatic carbocycles. The van der Waals surface area contributed by atoms with Crippen molar-refractivity contribution in [2.75, 3.05) is 11.1 Å². The van der Waals surface area contributed by atoms with Crippen LogP contribution in [0, 0.1) is 0 Å². The summed E-state index contributed by atoms with van der Waals surface area (Å²) < 4.78 is 6.80. The van der Waals surface area contributed by atoms with Crippen LogP contribution < -0.4 is 5.32 Å². The van der Waals surface area contributed by atoms with Gasteiger partial charge in [0.15, 0.2) is 5.16 Å². The van der Waals surface area contributed by atoms with Crippen LogP contribution in [-0.4, -0.2) is 31.5 Å². The smallest absolute Gasteiger partial charge is 0.237 e. The van der Waals surface area contributed by atoms with Crippen molar-refractivity contribution >= 4 is 23.6 Å². The summed E-state index contributed by atoms with van der Waals surface area (Å²) in [7, 11) is 1.80. The number of hydrogen-bond donors (Lipinski definition) is 2. The first-order valence-corrected chi connectivity index (χ1v) is 7.50. The molecule has 2 aromatic rings. The number of aromatic nitrogens is 3. The molecular weight excluding hydrogens is 292 g/mol. The van der Waals surface area contributed by atoms with Gasteiger partial charge in [0, 0.05) is 13.1 Å².